The molecule has 1 atom stereocenters. The van der Waals surface area contributed by atoms with E-state index in [2.05, 4.69) is 4.99 Å². The number of esters is 1. The first kappa shape index (κ1) is 23.8. The van der Waals surface area contributed by atoms with Gasteiger partial charge in [-0.15, -0.1) is 11.3 Å². The van der Waals surface area contributed by atoms with Crippen LogP contribution in [-0.2, 0) is 9.53 Å². The predicted octanol–water partition coefficient (Wildman–Crippen LogP) is 5.43. The number of halogens is 2. The Morgan fingerprint density at radius 3 is 2.83 bits per heavy atom. The van der Waals surface area contributed by atoms with E-state index in [4.69, 9.17) is 32.4 Å². The Bertz CT molecular complexity index is 1640. The number of hydrogen-bond acceptors (Lipinski definition) is 7. The van der Waals surface area contributed by atoms with Gasteiger partial charge in [-0.1, -0.05) is 40.6 Å². The van der Waals surface area contributed by atoms with Crippen LogP contribution in [-0.4, -0.2) is 17.1 Å². The molecule has 0 spiro atoms. The first-order valence-electron chi connectivity index (χ1n) is 10.7. The van der Waals surface area contributed by atoms with E-state index < -0.39 is 12.0 Å². The van der Waals surface area contributed by atoms with Gasteiger partial charge in [-0.3, -0.25) is 9.36 Å². The van der Waals surface area contributed by atoms with E-state index in [-0.39, 0.29) is 12.2 Å². The molecule has 0 saturated carbocycles. The van der Waals surface area contributed by atoms with Crippen LogP contribution in [0.1, 0.15) is 30.5 Å². The third-order valence-electron chi connectivity index (χ3n) is 5.42. The highest BCUT2D eigenvalue weighted by Crippen LogP contribution is 2.34. The van der Waals surface area contributed by atoms with Crippen molar-refractivity contribution in [3.05, 3.63) is 99.5 Å². The van der Waals surface area contributed by atoms with Crippen LogP contribution in [0.2, 0.25) is 10.0 Å². The van der Waals surface area contributed by atoms with Gasteiger partial charge in [0.25, 0.3) is 5.56 Å². The summed E-state index contributed by atoms with van der Waals surface area (Å²) in [5.74, 6) is 0.541. The standard InChI is InChI=1S/C25H18Cl2N2O4S2/c1-3-32-24(31)21-13(2)28-25-29(22(21)19-5-4-10-34-19)23(30)20(35-25)12-15-7-9-18(33-15)16-11-14(26)6-8-17(16)27/h4-12,22H,3H2,1-2H3. The quantitative estimate of drug-likeness (QED) is 0.314. The first-order valence-corrected chi connectivity index (χ1v) is 13.1. The molecular formula is C25H18Cl2N2O4S2. The molecule has 5 rings (SSSR count). The van der Waals surface area contributed by atoms with Gasteiger partial charge in [0.15, 0.2) is 4.80 Å². The van der Waals surface area contributed by atoms with E-state index in [0.717, 1.165) is 4.88 Å². The van der Waals surface area contributed by atoms with E-state index in [1.807, 2.05) is 17.5 Å². The molecule has 0 radical (unpaired) electrons. The van der Waals surface area contributed by atoms with Crippen LogP contribution in [0.15, 0.2) is 73.3 Å². The van der Waals surface area contributed by atoms with Gasteiger partial charge in [-0.2, -0.15) is 0 Å². The van der Waals surface area contributed by atoms with Crippen LogP contribution in [0.4, 0.5) is 0 Å². The molecule has 4 heterocycles. The van der Waals surface area contributed by atoms with Crippen LogP contribution in [0.3, 0.4) is 0 Å². The maximum atomic E-state index is 13.6. The zero-order chi connectivity index (χ0) is 24.7. The Hall–Kier alpha value is -2.91. The van der Waals surface area contributed by atoms with E-state index >= 15 is 0 Å². The number of ether oxygens (including phenoxy) is 1. The molecule has 0 fully saturated rings. The third kappa shape index (κ3) is 4.43. The van der Waals surface area contributed by atoms with Crippen LogP contribution in [0, 0.1) is 0 Å². The van der Waals surface area contributed by atoms with Crippen molar-refractivity contribution in [3.63, 3.8) is 0 Å². The Morgan fingerprint density at radius 1 is 1.26 bits per heavy atom. The molecule has 1 aromatic carbocycles. The van der Waals surface area contributed by atoms with Crippen molar-refractivity contribution in [2.45, 2.75) is 19.9 Å². The smallest absolute Gasteiger partial charge is 0.338 e. The minimum absolute atomic E-state index is 0.231. The van der Waals surface area contributed by atoms with Crippen molar-refractivity contribution in [2.75, 3.05) is 6.61 Å². The molecule has 6 nitrogen and oxygen atoms in total. The number of fused-ring (bicyclic) bond motifs is 1. The molecular weight excluding hydrogens is 527 g/mol. The molecule has 3 aromatic heterocycles. The molecule has 10 heteroatoms. The molecule has 178 valence electrons. The lowest BCUT2D eigenvalue weighted by atomic mass is 10.0. The minimum Gasteiger partial charge on any atom is -0.463 e. The summed E-state index contributed by atoms with van der Waals surface area (Å²) in [5.41, 5.74) is 1.29. The zero-order valence-corrected chi connectivity index (χ0v) is 21.7. The van der Waals surface area contributed by atoms with Crippen LogP contribution < -0.4 is 14.9 Å². The monoisotopic (exact) mass is 544 g/mol. The second kappa shape index (κ2) is 9.62. The number of thiazole rings is 1. The average Bonchev–Trinajstić information content (AvgIpc) is 3.57. The van der Waals surface area contributed by atoms with Gasteiger partial charge in [0.05, 0.1) is 27.4 Å². The second-order valence-corrected chi connectivity index (χ2v) is 10.5. The molecule has 1 unspecified atom stereocenters. The molecule has 0 aliphatic carbocycles. The van der Waals surface area contributed by atoms with Crippen molar-refractivity contribution in [1.29, 1.82) is 0 Å². The lowest BCUT2D eigenvalue weighted by molar-refractivity contribution is -0.139. The Morgan fingerprint density at radius 2 is 2.09 bits per heavy atom. The van der Waals surface area contributed by atoms with Crippen LogP contribution >= 0.6 is 45.9 Å². The number of carbonyl (C=O) groups excluding carboxylic acids is 1. The topological polar surface area (TPSA) is 73.8 Å². The second-order valence-electron chi connectivity index (χ2n) is 7.64. The number of nitrogens with zero attached hydrogens (tertiary/aromatic N) is 2. The number of thiophene rings is 1. The molecule has 35 heavy (non-hydrogen) atoms. The lowest BCUT2D eigenvalue weighted by Gasteiger charge is -2.23. The summed E-state index contributed by atoms with van der Waals surface area (Å²) in [6.45, 7) is 3.74. The van der Waals surface area contributed by atoms with E-state index in [1.165, 1.54) is 22.7 Å². The molecule has 0 saturated heterocycles. The summed E-state index contributed by atoms with van der Waals surface area (Å²) in [5, 5.41) is 2.96. The third-order valence-corrected chi connectivity index (χ3v) is 7.90. The highest BCUT2D eigenvalue weighted by atomic mass is 35.5. The fourth-order valence-electron chi connectivity index (χ4n) is 3.90. The summed E-state index contributed by atoms with van der Waals surface area (Å²) < 4.78 is 13.2. The maximum absolute atomic E-state index is 13.6. The maximum Gasteiger partial charge on any atom is 0.338 e. The molecule has 0 amide bonds. The largest absolute Gasteiger partial charge is 0.463 e. The molecule has 1 aliphatic heterocycles. The van der Waals surface area contributed by atoms with Gasteiger partial charge < -0.3 is 9.15 Å². The van der Waals surface area contributed by atoms with Crippen LogP contribution in [0.25, 0.3) is 17.4 Å². The number of rotatable bonds is 5. The normalized spacial score (nSPS) is 15.8. The summed E-state index contributed by atoms with van der Waals surface area (Å²) in [4.78, 5) is 32.3. The van der Waals surface area contributed by atoms with E-state index in [0.29, 0.717) is 47.7 Å². The average molecular weight is 545 g/mol. The van der Waals surface area contributed by atoms with Crippen molar-refractivity contribution in [3.8, 4) is 11.3 Å². The number of carbonyl (C=O) groups is 1. The van der Waals surface area contributed by atoms with Crippen molar-refractivity contribution >= 4 is 57.9 Å². The van der Waals surface area contributed by atoms with Gasteiger partial charge >= 0.3 is 5.97 Å². The summed E-state index contributed by atoms with van der Waals surface area (Å²) in [6, 6.07) is 11.8. The zero-order valence-electron chi connectivity index (χ0n) is 18.6. The van der Waals surface area contributed by atoms with Gasteiger partial charge in [-0.05, 0) is 55.6 Å². The number of hydrogen-bond donors (Lipinski definition) is 0. The van der Waals surface area contributed by atoms with E-state index in [1.54, 1.807) is 54.8 Å². The van der Waals surface area contributed by atoms with Crippen LogP contribution in [0.5, 0.6) is 0 Å². The number of allylic oxidation sites excluding steroid dienone is 1. The van der Waals surface area contributed by atoms with Gasteiger partial charge in [0, 0.05) is 21.5 Å². The van der Waals surface area contributed by atoms with Crippen molar-refractivity contribution in [1.82, 2.24) is 4.57 Å². The Balaban J connectivity index is 1.62. The Kier molecular flexibility index (Phi) is 6.55. The highest BCUT2D eigenvalue weighted by molar-refractivity contribution is 7.10. The molecule has 1 aliphatic rings. The first-order chi connectivity index (χ1) is 16.9. The van der Waals surface area contributed by atoms with Crippen molar-refractivity contribution < 1.29 is 13.9 Å². The fourth-order valence-corrected chi connectivity index (χ4v) is 6.13. The number of furan rings is 1. The Labute approximate surface area is 218 Å². The summed E-state index contributed by atoms with van der Waals surface area (Å²) in [7, 11) is 0. The van der Waals surface area contributed by atoms with Crippen molar-refractivity contribution in [2.24, 2.45) is 4.99 Å². The van der Waals surface area contributed by atoms with Gasteiger partial charge in [0.2, 0.25) is 0 Å². The van der Waals surface area contributed by atoms with Gasteiger partial charge in [0.1, 0.15) is 17.6 Å². The number of aromatic nitrogens is 1. The lowest BCUT2D eigenvalue weighted by Crippen LogP contribution is -2.39. The molecule has 4 aromatic rings. The van der Waals surface area contributed by atoms with E-state index in [9.17, 15) is 9.59 Å². The summed E-state index contributed by atoms with van der Waals surface area (Å²) >= 11 is 15.1. The minimum atomic E-state index is -0.607. The molecule has 0 N–H and O–H groups in total. The van der Waals surface area contributed by atoms with Gasteiger partial charge in [-0.25, -0.2) is 9.79 Å². The summed E-state index contributed by atoms with van der Waals surface area (Å²) in [6.07, 6.45) is 1.67. The molecule has 0 bridgehead atoms. The fraction of sp³-hybridized carbons (Fsp3) is 0.160. The number of benzene rings is 1. The predicted molar refractivity (Wildman–Crippen MR) is 139 cm³/mol. The highest BCUT2D eigenvalue weighted by Gasteiger charge is 2.33. The SMILES string of the molecule is CCOC(=O)C1=C(C)N=c2sc(=Cc3ccc(-c4cc(Cl)ccc4Cl)o3)c(=O)n2C1c1cccs1.